The molecule has 0 spiro atoms. The Hall–Kier alpha value is -3.22. The van der Waals surface area contributed by atoms with E-state index >= 15 is 0 Å². The Kier molecular flexibility index (Phi) is 5.80. The van der Waals surface area contributed by atoms with Gasteiger partial charge in [-0.15, -0.1) is 0 Å². The number of carbonyl (C=O) groups excluding carboxylic acids is 2. The van der Waals surface area contributed by atoms with Crippen molar-refractivity contribution < 1.29 is 19.1 Å². The lowest BCUT2D eigenvalue weighted by molar-refractivity contribution is -0.117. The van der Waals surface area contributed by atoms with Gasteiger partial charge in [-0.05, 0) is 54.8 Å². The minimum absolute atomic E-state index is 0.0424. The number of rotatable bonds is 7. The summed E-state index contributed by atoms with van der Waals surface area (Å²) >= 11 is 0. The molecule has 0 atom stereocenters. The number of methoxy groups -OCH3 is 1. The van der Waals surface area contributed by atoms with E-state index in [0.29, 0.717) is 49.4 Å². The first kappa shape index (κ1) is 18.6. The molecule has 2 aromatic rings. The van der Waals surface area contributed by atoms with E-state index in [1.807, 2.05) is 18.2 Å². The number of fused-ring (bicyclic) bond motifs is 1. The maximum absolute atomic E-state index is 12.0. The van der Waals surface area contributed by atoms with Gasteiger partial charge in [0, 0.05) is 24.2 Å². The van der Waals surface area contributed by atoms with Crippen molar-refractivity contribution in [1.29, 1.82) is 0 Å². The quantitative estimate of drug-likeness (QED) is 0.514. The minimum Gasteiger partial charge on any atom is -0.495 e. The summed E-state index contributed by atoms with van der Waals surface area (Å²) in [5.41, 5.74) is 8.86. The van der Waals surface area contributed by atoms with Gasteiger partial charge >= 0.3 is 0 Å². The Balaban J connectivity index is 1.43. The van der Waals surface area contributed by atoms with Gasteiger partial charge in [-0.2, -0.15) is 0 Å². The molecule has 0 aromatic heterocycles. The summed E-state index contributed by atoms with van der Waals surface area (Å²) in [6.07, 6.45) is 2.14. The van der Waals surface area contributed by atoms with Gasteiger partial charge in [0.2, 0.25) is 11.8 Å². The molecule has 7 nitrogen and oxygen atoms in total. The summed E-state index contributed by atoms with van der Waals surface area (Å²) in [5.74, 6) is 1.26. The van der Waals surface area contributed by atoms with E-state index in [0.717, 1.165) is 17.0 Å². The maximum Gasteiger partial charge on any atom is 0.224 e. The van der Waals surface area contributed by atoms with Gasteiger partial charge < -0.3 is 25.8 Å². The first-order valence-corrected chi connectivity index (χ1v) is 8.84. The molecule has 3 rings (SSSR count). The van der Waals surface area contributed by atoms with Crippen molar-refractivity contribution in [2.24, 2.45) is 0 Å². The molecule has 0 aliphatic carbocycles. The van der Waals surface area contributed by atoms with Gasteiger partial charge in [-0.25, -0.2) is 0 Å². The van der Waals surface area contributed by atoms with Crippen molar-refractivity contribution in [3.05, 3.63) is 42.0 Å². The standard InChI is InChI=1S/C20H23N3O4/c1-26-18-8-5-14(12-16(18)21)22-19(24)3-2-10-27-15-6-7-17-13(11-15)4-9-20(25)23-17/h5-8,11-12H,2-4,9-10,21H2,1H3,(H,22,24)(H,23,25). The lowest BCUT2D eigenvalue weighted by Crippen LogP contribution is -2.18. The summed E-state index contributed by atoms with van der Waals surface area (Å²) in [4.78, 5) is 23.4. The first-order valence-electron chi connectivity index (χ1n) is 8.84. The minimum atomic E-state index is -0.101. The van der Waals surface area contributed by atoms with Crippen LogP contribution in [0.15, 0.2) is 36.4 Å². The van der Waals surface area contributed by atoms with Gasteiger partial charge in [0.1, 0.15) is 11.5 Å². The number of amides is 2. The molecule has 0 bridgehead atoms. The zero-order valence-electron chi connectivity index (χ0n) is 15.2. The molecule has 4 N–H and O–H groups in total. The van der Waals surface area contributed by atoms with Crippen molar-refractivity contribution >= 4 is 28.9 Å². The lowest BCUT2D eigenvalue weighted by Gasteiger charge is -2.17. The lowest BCUT2D eigenvalue weighted by atomic mass is 10.0. The Bertz CT molecular complexity index is 851. The number of hydrogen-bond acceptors (Lipinski definition) is 5. The zero-order chi connectivity index (χ0) is 19.2. The third-order valence-electron chi connectivity index (χ3n) is 4.30. The van der Waals surface area contributed by atoms with Crippen LogP contribution >= 0.6 is 0 Å². The molecule has 0 unspecified atom stereocenters. The predicted molar refractivity (Wildman–Crippen MR) is 104 cm³/mol. The van der Waals surface area contributed by atoms with E-state index in [-0.39, 0.29) is 11.8 Å². The van der Waals surface area contributed by atoms with Crippen molar-refractivity contribution in [3.8, 4) is 11.5 Å². The fraction of sp³-hybridized carbons (Fsp3) is 0.300. The normalized spacial score (nSPS) is 12.7. The SMILES string of the molecule is COc1ccc(NC(=O)CCCOc2ccc3c(c2)CCC(=O)N3)cc1N. The summed E-state index contributed by atoms with van der Waals surface area (Å²) in [6.45, 7) is 0.434. The third-order valence-corrected chi connectivity index (χ3v) is 4.30. The monoisotopic (exact) mass is 369 g/mol. The Morgan fingerprint density at radius 1 is 1.22 bits per heavy atom. The molecule has 0 radical (unpaired) electrons. The molecule has 142 valence electrons. The van der Waals surface area contributed by atoms with Gasteiger partial charge in [0.15, 0.2) is 0 Å². The van der Waals surface area contributed by atoms with Gasteiger partial charge in [-0.3, -0.25) is 9.59 Å². The molecule has 1 heterocycles. The van der Waals surface area contributed by atoms with Gasteiger partial charge in [0.25, 0.3) is 0 Å². The highest BCUT2D eigenvalue weighted by molar-refractivity contribution is 5.94. The Morgan fingerprint density at radius 3 is 2.85 bits per heavy atom. The van der Waals surface area contributed by atoms with E-state index in [2.05, 4.69) is 10.6 Å². The highest BCUT2D eigenvalue weighted by Crippen LogP contribution is 2.27. The van der Waals surface area contributed by atoms with Crippen LogP contribution in [0.1, 0.15) is 24.8 Å². The average molecular weight is 369 g/mol. The van der Waals surface area contributed by atoms with Crippen LogP contribution in [0.4, 0.5) is 17.1 Å². The highest BCUT2D eigenvalue weighted by Gasteiger charge is 2.15. The molecule has 7 heteroatoms. The molecule has 2 aromatic carbocycles. The number of ether oxygens (including phenoxy) is 2. The number of hydrogen-bond donors (Lipinski definition) is 3. The van der Waals surface area contributed by atoms with Crippen LogP contribution in [0.5, 0.6) is 11.5 Å². The molecule has 0 saturated heterocycles. The average Bonchev–Trinajstić information content (AvgIpc) is 2.65. The summed E-state index contributed by atoms with van der Waals surface area (Å²) in [7, 11) is 1.54. The van der Waals surface area contributed by atoms with E-state index in [1.165, 1.54) is 0 Å². The van der Waals surface area contributed by atoms with Crippen LogP contribution in [0, 0.1) is 0 Å². The van der Waals surface area contributed by atoms with Crippen molar-refractivity contribution in [2.75, 3.05) is 30.1 Å². The van der Waals surface area contributed by atoms with Crippen LogP contribution in [0.2, 0.25) is 0 Å². The molecule has 0 saturated carbocycles. The second kappa shape index (κ2) is 8.44. The van der Waals surface area contributed by atoms with Gasteiger partial charge in [0.05, 0.1) is 19.4 Å². The van der Waals surface area contributed by atoms with Crippen LogP contribution < -0.4 is 25.8 Å². The largest absolute Gasteiger partial charge is 0.495 e. The Morgan fingerprint density at radius 2 is 2.07 bits per heavy atom. The fourth-order valence-electron chi connectivity index (χ4n) is 2.91. The van der Waals surface area contributed by atoms with Crippen molar-refractivity contribution in [2.45, 2.75) is 25.7 Å². The predicted octanol–water partition coefficient (Wildman–Crippen LogP) is 2.96. The van der Waals surface area contributed by atoms with Crippen LogP contribution in [0.3, 0.4) is 0 Å². The van der Waals surface area contributed by atoms with E-state index < -0.39 is 0 Å². The maximum atomic E-state index is 12.0. The van der Waals surface area contributed by atoms with Gasteiger partial charge in [-0.1, -0.05) is 0 Å². The molecule has 2 amide bonds. The van der Waals surface area contributed by atoms with Crippen molar-refractivity contribution in [3.63, 3.8) is 0 Å². The second-order valence-corrected chi connectivity index (χ2v) is 6.32. The topological polar surface area (TPSA) is 103 Å². The molecule has 1 aliphatic rings. The summed E-state index contributed by atoms with van der Waals surface area (Å²) < 4.78 is 10.8. The van der Waals surface area contributed by atoms with E-state index in [9.17, 15) is 9.59 Å². The Labute approximate surface area is 157 Å². The molecule has 1 aliphatic heterocycles. The van der Waals surface area contributed by atoms with E-state index in [1.54, 1.807) is 25.3 Å². The second-order valence-electron chi connectivity index (χ2n) is 6.32. The number of anilines is 3. The number of nitrogens with two attached hydrogens (primary N) is 1. The van der Waals surface area contributed by atoms with Crippen LogP contribution in [-0.2, 0) is 16.0 Å². The zero-order valence-corrected chi connectivity index (χ0v) is 15.2. The van der Waals surface area contributed by atoms with Crippen molar-refractivity contribution in [1.82, 2.24) is 0 Å². The number of nitrogen functional groups attached to an aromatic ring is 1. The molecular formula is C20H23N3O4. The van der Waals surface area contributed by atoms with Crippen LogP contribution in [0.25, 0.3) is 0 Å². The number of carbonyl (C=O) groups is 2. The van der Waals surface area contributed by atoms with E-state index in [4.69, 9.17) is 15.2 Å². The van der Waals surface area contributed by atoms with Crippen LogP contribution in [-0.4, -0.2) is 25.5 Å². The summed E-state index contributed by atoms with van der Waals surface area (Å²) in [5, 5.41) is 5.65. The first-order chi connectivity index (χ1) is 13.0. The molecule has 27 heavy (non-hydrogen) atoms. The number of benzene rings is 2. The fourth-order valence-corrected chi connectivity index (χ4v) is 2.91. The summed E-state index contributed by atoms with van der Waals surface area (Å²) in [6, 6.07) is 10.7. The molecular weight excluding hydrogens is 346 g/mol. The smallest absolute Gasteiger partial charge is 0.224 e. The third kappa shape index (κ3) is 4.91. The number of nitrogens with one attached hydrogen (secondary N) is 2. The number of aryl methyl sites for hydroxylation is 1. The highest BCUT2D eigenvalue weighted by atomic mass is 16.5. The molecule has 0 fully saturated rings.